The molecule has 0 saturated carbocycles. The number of amides is 1. The van der Waals surface area contributed by atoms with Crippen molar-refractivity contribution >= 4 is 43.8 Å². The fourth-order valence-corrected chi connectivity index (χ4v) is 5.56. The molecule has 11 heteroatoms. The van der Waals surface area contributed by atoms with Crippen molar-refractivity contribution < 1.29 is 20.5 Å². The Morgan fingerprint density at radius 3 is 2.44 bits per heavy atom. The molecule has 2 fully saturated rings. The van der Waals surface area contributed by atoms with Crippen molar-refractivity contribution in [2.75, 3.05) is 47.2 Å². The predicted molar refractivity (Wildman–Crippen MR) is 137 cm³/mol. The van der Waals surface area contributed by atoms with Gasteiger partial charge in [0.05, 0.1) is 4.90 Å². The number of anilines is 3. The lowest BCUT2D eigenvalue weighted by atomic mass is 10.2. The maximum absolute atomic E-state index is 12.9. The highest BCUT2D eigenvalue weighted by molar-refractivity contribution is 7.93. The lowest BCUT2D eigenvalue weighted by Crippen LogP contribution is -2.43. The molecule has 2 aliphatic rings. The zero-order chi connectivity index (χ0) is 24.0. The van der Waals surface area contributed by atoms with Gasteiger partial charge in [0.1, 0.15) is 5.82 Å². The summed E-state index contributed by atoms with van der Waals surface area (Å²) in [5.74, 6) is -0.0810. The van der Waals surface area contributed by atoms with Crippen LogP contribution in [0, 0.1) is 5.82 Å². The summed E-state index contributed by atoms with van der Waals surface area (Å²) >= 11 is 1.21. The van der Waals surface area contributed by atoms with Crippen molar-refractivity contribution in [1.82, 2.24) is 10.3 Å². The van der Waals surface area contributed by atoms with Crippen LogP contribution >= 0.6 is 11.3 Å². The van der Waals surface area contributed by atoms with Gasteiger partial charge in [-0.15, -0.1) is 11.3 Å². The summed E-state index contributed by atoms with van der Waals surface area (Å²) in [5, 5.41) is 5.29. The van der Waals surface area contributed by atoms with Crippen LogP contribution in [0.15, 0.2) is 65.0 Å². The zero-order valence-corrected chi connectivity index (χ0v) is 20.1. The van der Waals surface area contributed by atoms with E-state index in [2.05, 4.69) is 19.9 Å². The van der Waals surface area contributed by atoms with E-state index in [-0.39, 0.29) is 19.5 Å². The van der Waals surface area contributed by atoms with Crippen LogP contribution in [-0.4, -0.2) is 52.0 Å². The van der Waals surface area contributed by atoms with E-state index in [1.165, 1.54) is 35.7 Å². The number of carbonyl (C=O) groups excluding carboxylic acids is 1. The number of hydrogen-bond donors (Lipinski definition) is 2. The number of hydrogen-bond acceptors (Lipinski definition) is 7. The van der Waals surface area contributed by atoms with Crippen LogP contribution in [-0.2, 0) is 14.8 Å². The number of nitrogens with zero attached hydrogens (tertiary/aromatic N) is 3. The van der Waals surface area contributed by atoms with Crippen molar-refractivity contribution in [3.63, 3.8) is 0 Å². The van der Waals surface area contributed by atoms with E-state index in [1.807, 2.05) is 6.07 Å². The molecule has 3 aromatic rings. The van der Waals surface area contributed by atoms with E-state index in [0.29, 0.717) is 18.1 Å². The monoisotopic (exact) mass is 507 g/mol. The molecule has 0 atom stereocenters. The molecule has 2 N–H and O–H groups in total. The number of thiazole rings is 1. The number of piperazine rings is 1. The van der Waals surface area contributed by atoms with Crippen LogP contribution in [0.3, 0.4) is 0 Å². The van der Waals surface area contributed by atoms with Gasteiger partial charge in [0, 0.05) is 64.9 Å². The summed E-state index contributed by atoms with van der Waals surface area (Å²) in [5.41, 5.74) is 1.71. The molecule has 0 spiro atoms. The topological polar surface area (TPSA) is 94.6 Å². The fraction of sp³-hybridized carbons (Fsp3) is 0.304. The van der Waals surface area contributed by atoms with Gasteiger partial charge >= 0.3 is 0 Å². The molecule has 34 heavy (non-hydrogen) atoms. The first kappa shape index (κ1) is 24.1. The van der Waals surface area contributed by atoms with Crippen molar-refractivity contribution in [3.05, 3.63) is 65.9 Å². The molecule has 2 aliphatic heterocycles. The largest absolute Gasteiger partial charge is 0.369 e. The van der Waals surface area contributed by atoms with Crippen LogP contribution in [0.1, 0.15) is 15.7 Å². The number of halogens is 1. The molecular formula is C23H30FN5O3S2. The summed E-state index contributed by atoms with van der Waals surface area (Å²) in [6, 6.07) is 13.1. The molecule has 1 amide bonds. The van der Waals surface area contributed by atoms with Crippen molar-refractivity contribution in [2.24, 2.45) is 0 Å². The number of rotatable bonds is 5. The third kappa shape index (κ3) is 6.10. The Labute approximate surface area is 205 Å². The summed E-state index contributed by atoms with van der Waals surface area (Å²) in [6.45, 7) is 4.57. The van der Waals surface area contributed by atoms with Crippen LogP contribution in [0.25, 0.3) is 0 Å². The first-order chi connectivity index (χ1) is 16.4. The Balaban J connectivity index is 0.000000264. The lowest BCUT2D eigenvalue weighted by molar-refractivity contribution is -0.117. The number of aromatic nitrogens is 1. The van der Waals surface area contributed by atoms with Crippen LogP contribution < -0.4 is 19.8 Å². The average molecular weight is 508 g/mol. The van der Waals surface area contributed by atoms with Crippen molar-refractivity contribution in [2.45, 2.75) is 17.7 Å². The van der Waals surface area contributed by atoms with E-state index in [4.69, 9.17) is 0 Å². The van der Waals surface area contributed by atoms with Gasteiger partial charge in [-0.25, -0.2) is 17.8 Å². The summed E-state index contributed by atoms with van der Waals surface area (Å²) in [4.78, 5) is 19.6. The van der Waals surface area contributed by atoms with Gasteiger partial charge in [-0.05, 0) is 48.9 Å². The lowest BCUT2D eigenvalue weighted by Gasteiger charge is -2.29. The van der Waals surface area contributed by atoms with Gasteiger partial charge in [-0.2, -0.15) is 0 Å². The van der Waals surface area contributed by atoms with E-state index >= 15 is 0 Å². The SMILES string of the molecule is Fc1cccc(N2CCNCC2)c1.O=C1CCCN1c1ccc(S(=O)(=O)Nc2nccs2)cc1.[HH].[HH]. The first-order valence-electron chi connectivity index (χ1n) is 11.0. The Morgan fingerprint density at radius 2 is 1.82 bits per heavy atom. The molecule has 0 aliphatic carbocycles. The van der Waals surface area contributed by atoms with E-state index in [0.717, 1.165) is 44.0 Å². The molecule has 5 rings (SSSR count). The summed E-state index contributed by atoms with van der Waals surface area (Å²) in [6.07, 6.45) is 2.92. The van der Waals surface area contributed by atoms with Crippen LogP contribution in [0.5, 0.6) is 0 Å². The minimum absolute atomic E-state index is 0. The van der Waals surface area contributed by atoms with E-state index in [1.54, 1.807) is 34.5 Å². The first-order valence-corrected chi connectivity index (χ1v) is 13.3. The van der Waals surface area contributed by atoms with Gasteiger partial charge in [-0.1, -0.05) is 6.07 Å². The molecule has 0 radical (unpaired) electrons. The molecule has 0 unspecified atom stereocenters. The number of sulfonamides is 1. The third-order valence-electron chi connectivity index (χ3n) is 5.48. The second kappa shape index (κ2) is 10.9. The number of nitrogens with one attached hydrogen (secondary N) is 2. The Bertz CT molecular complexity index is 1210. The Morgan fingerprint density at radius 1 is 1.06 bits per heavy atom. The molecule has 1 aromatic heterocycles. The van der Waals surface area contributed by atoms with Crippen molar-refractivity contribution in [3.8, 4) is 0 Å². The number of benzene rings is 2. The predicted octanol–water partition coefficient (Wildman–Crippen LogP) is 3.80. The van der Waals surface area contributed by atoms with Gasteiger partial charge in [-0.3, -0.25) is 9.52 Å². The molecule has 2 saturated heterocycles. The molecule has 0 bridgehead atoms. The highest BCUT2D eigenvalue weighted by atomic mass is 32.2. The minimum atomic E-state index is -3.64. The molecule has 2 aromatic carbocycles. The smallest absolute Gasteiger partial charge is 0.263 e. The summed E-state index contributed by atoms with van der Waals surface area (Å²) in [7, 11) is -3.64. The quantitative estimate of drug-likeness (QED) is 0.546. The van der Waals surface area contributed by atoms with E-state index in [9.17, 15) is 17.6 Å². The highest BCUT2D eigenvalue weighted by Crippen LogP contribution is 2.24. The van der Waals surface area contributed by atoms with Gasteiger partial charge in [0.15, 0.2) is 5.13 Å². The Hall–Kier alpha value is -3.02. The van der Waals surface area contributed by atoms with Gasteiger partial charge in [0.2, 0.25) is 5.91 Å². The van der Waals surface area contributed by atoms with Crippen LogP contribution in [0.4, 0.5) is 20.9 Å². The van der Waals surface area contributed by atoms with E-state index < -0.39 is 10.0 Å². The highest BCUT2D eigenvalue weighted by Gasteiger charge is 2.22. The zero-order valence-electron chi connectivity index (χ0n) is 18.5. The second-order valence-electron chi connectivity index (χ2n) is 7.80. The normalized spacial score (nSPS) is 16.2. The maximum Gasteiger partial charge on any atom is 0.263 e. The molecule has 3 heterocycles. The average Bonchev–Trinajstić information content (AvgIpc) is 3.51. The minimum Gasteiger partial charge on any atom is -0.369 e. The Kier molecular flexibility index (Phi) is 7.76. The molecular weight excluding hydrogens is 477 g/mol. The standard InChI is InChI=1S/C13H13N3O3S2.C10H13FN2.2H2/c17-12-2-1-8-16(12)10-3-5-11(6-4-10)21(18,19)15-13-14-7-9-20-13;11-9-2-1-3-10(8-9)13-6-4-12-5-7-13;;/h3-7,9H,1-2,8H2,(H,14,15);1-3,8,12H,4-7H2;2*1H. The van der Waals surface area contributed by atoms with Gasteiger partial charge < -0.3 is 15.1 Å². The number of carbonyl (C=O) groups is 1. The second-order valence-corrected chi connectivity index (χ2v) is 10.4. The van der Waals surface area contributed by atoms with Crippen LogP contribution in [0.2, 0.25) is 0 Å². The fourth-order valence-electron chi connectivity index (χ4n) is 3.77. The van der Waals surface area contributed by atoms with Crippen molar-refractivity contribution in [1.29, 1.82) is 0 Å². The summed E-state index contributed by atoms with van der Waals surface area (Å²) < 4.78 is 39.6. The van der Waals surface area contributed by atoms with Gasteiger partial charge in [0.25, 0.3) is 10.0 Å². The maximum atomic E-state index is 12.9. The third-order valence-corrected chi connectivity index (χ3v) is 7.65. The molecule has 184 valence electrons. The molecule has 8 nitrogen and oxygen atoms in total.